The molecule has 0 saturated carbocycles. The summed E-state index contributed by atoms with van der Waals surface area (Å²) in [6, 6.07) is 5.78. The van der Waals surface area contributed by atoms with Crippen LogP contribution < -0.4 is 5.32 Å². The summed E-state index contributed by atoms with van der Waals surface area (Å²) >= 11 is 0. The number of pyridine rings is 1. The van der Waals surface area contributed by atoms with Gasteiger partial charge in [0.1, 0.15) is 17.3 Å². The highest BCUT2D eigenvalue weighted by Gasteiger charge is 2.35. The first kappa shape index (κ1) is 15.6. The summed E-state index contributed by atoms with van der Waals surface area (Å²) in [6.45, 7) is 4.12. The first-order valence-electron chi connectivity index (χ1n) is 8.28. The van der Waals surface area contributed by atoms with Crippen LogP contribution in [0.1, 0.15) is 49.1 Å². The summed E-state index contributed by atoms with van der Waals surface area (Å²) < 4.78 is 7.28. The molecule has 0 radical (unpaired) electrons. The Balaban J connectivity index is 1.88. The highest BCUT2D eigenvalue weighted by molar-refractivity contribution is 5.96. The van der Waals surface area contributed by atoms with E-state index in [1.807, 2.05) is 25.2 Å². The maximum absolute atomic E-state index is 12.2. The molecule has 4 rings (SSSR count). The third-order valence-electron chi connectivity index (χ3n) is 4.50. The fraction of sp³-hybridized carbons (Fsp3) is 0.333. The van der Waals surface area contributed by atoms with Crippen LogP contribution in [0.25, 0.3) is 11.3 Å². The van der Waals surface area contributed by atoms with Crippen molar-refractivity contribution in [3.63, 3.8) is 0 Å². The Labute approximate surface area is 145 Å². The molecule has 0 bridgehead atoms. The van der Waals surface area contributed by atoms with Gasteiger partial charge in [-0.2, -0.15) is 5.10 Å². The number of hydrogen-bond donors (Lipinski definition) is 1. The second-order valence-corrected chi connectivity index (χ2v) is 6.59. The zero-order chi connectivity index (χ0) is 17.6. The number of rotatable bonds is 3. The van der Waals surface area contributed by atoms with Crippen LogP contribution >= 0.6 is 0 Å². The molecule has 1 amide bonds. The second kappa shape index (κ2) is 5.84. The average molecular weight is 337 g/mol. The van der Waals surface area contributed by atoms with Crippen LogP contribution in [0.15, 0.2) is 35.1 Å². The summed E-state index contributed by atoms with van der Waals surface area (Å²) in [5, 5.41) is 11.7. The van der Waals surface area contributed by atoms with Gasteiger partial charge in [-0.3, -0.25) is 14.5 Å². The summed E-state index contributed by atoms with van der Waals surface area (Å²) in [6.07, 6.45) is 3.80. The average Bonchev–Trinajstić information content (AvgIpc) is 3.21. The van der Waals surface area contributed by atoms with Gasteiger partial charge in [-0.05, 0) is 18.1 Å². The molecule has 1 aliphatic heterocycles. The van der Waals surface area contributed by atoms with Gasteiger partial charge in [-0.1, -0.05) is 19.0 Å². The van der Waals surface area contributed by atoms with Gasteiger partial charge in [0.05, 0.1) is 11.6 Å². The van der Waals surface area contributed by atoms with Crippen molar-refractivity contribution in [1.82, 2.24) is 19.9 Å². The molecule has 0 saturated heterocycles. The fourth-order valence-electron chi connectivity index (χ4n) is 3.19. The van der Waals surface area contributed by atoms with E-state index in [0.717, 1.165) is 22.5 Å². The van der Waals surface area contributed by atoms with Crippen molar-refractivity contribution in [3.8, 4) is 11.3 Å². The highest BCUT2D eigenvalue weighted by atomic mass is 16.5. The highest BCUT2D eigenvalue weighted by Crippen LogP contribution is 2.42. The lowest BCUT2D eigenvalue weighted by molar-refractivity contribution is -0.116. The second-order valence-electron chi connectivity index (χ2n) is 6.59. The van der Waals surface area contributed by atoms with Crippen molar-refractivity contribution in [2.24, 2.45) is 7.05 Å². The number of fused-ring (bicyclic) bond motifs is 1. The van der Waals surface area contributed by atoms with E-state index in [0.29, 0.717) is 18.0 Å². The molecule has 0 spiro atoms. The van der Waals surface area contributed by atoms with E-state index in [2.05, 4.69) is 34.4 Å². The lowest BCUT2D eigenvalue weighted by Gasteiger charge is -2.21. The number of nitrogens with one attached hydrogen (secondary N) is 1. The van der Waals surface area contributed by atoms with Crippen molar-refractivity contribution in [1.29, 1.82) is 0 Å². The minimum Gasteiger partial charge on any atom is -0.360 e. The van der Waals surface area contributed by atoms with Gasteiger partial charge in [0, 0.05) is 43.1 Å². The Morgan fingerprint density at radius 1 is 1.40 bits per heavy atom. The van der Waals surface area contributed by atoms with Crippen LogP contribution in [0.3, 0.4) is 0 Å². The van der Waals surface area contributed by atoms with Gasteiger partial charge in [0.15, 0.2) is 0 Å². The summed E-state index contributed by atoms with van der Waals surface area (Å²) in [7, 11) is 1.82. The van der Waals surface area contributed by atoms with Crippen LogP contribution in [0.2, 0.25) is 0 Å². The Kier molecular flexibility index (Phi) is 3.63. The lowest BCUT2D eigenvalue weighted by atomic mass is 9.88. The molecule has 1 N–H and O–H groups in total. The third kappa shape index (κ3) is 2.61. The molecule has 0 fully saturated rings. The number of carbonyl (C=O) groups excluding carboxylic acids is 1. The van der Waals surface area contributed by atoms with E-state index in [1.54, 1.807) is 17.1 Å². The number of carbonyl (C=O) groups is 1. The molecule has 1 atom stereocenters. The van der Waals surface area contributed by atoms with Crippen LogP contribution in [-0.4, -0.2) is 25.8 Å². The largest absolute Gasteiger partial charge is 0.360 e. The molecule has 7 heteroatoms. The van der Waals surface area contributed by atoms with Crippen molar-refractivity contribution < 1.29 is 9.32 Å². The van der Waals surface area contributed by atoms with Gasteiger partial charge < -0.3 is 9.84 Å². The molecular weight excluding hydrogens is 318 g/mol. The number of amides is 1. The van der Waals surface area contributed by atoms with Crippen molar-refractivity contribution >= 4 is 11.7 Å². The molecule has 1 aliphatic rings. The van der Waals surface area contributed by atoms with Gasteiger partial charge in [0.25, 0.3) is 0 Å². The molecule has 3 aromatic rings. The lowest BCUT2D eigenvalue weighted by Crippen LogP contribution is -2.24. The quantitative estimate of drug-likeness (QED) is 0.794. The predicted molar refractivity (Wildman–Crippen MR) is 92.1 cm³/mol. The zero-order valence-electron chi connectivity index (χ0n) is 14.4. The van der Waals surface area contributed by atoms with E-state index in [4.69, 9.17) is 4.52 Å². The molecule has 0 aromatic carbocycles. The molecule has 0 aliphatic carbocycles. The Morgan fingerprint density at radius 3 is 2.92 bits per heavy atom. The van der Waals surface area contributed by atoms with E-state index in [9.17, 15) is 4.79 Å². The topological polar surface area (TPSA) is 85.8 Å². The maximum atomic E-state index is 12.2. The number of aryl methyl sites for hydroxylation is 1. The van der Waals surface area contributed by atoms with E-state index < -0.39 is 0 Å². The SMILES string of the molecule is CC(C)c1cc(C2CC(=O)Nc3c2c(-c2cccnc2)nn3C)on1. The van der Waals surface area contributed by atoms with Crippen molar-refractivity contribution in [2.75, 3.05) is 5.32 Å². The first-order chi connectivity index (χ1) is 12.0. The standard InChI is InChI=1S/C18H19N5O2/c1-10(2)13-8-14(25-22-13)12-7-15(24)20-18-16(12)17(21-23(18)3)11-5-4-6-19-9-11/h4-6,8-10,12H,7H2,1-3H3,(H,20,24). The molecule has 4 heterocycles. The van der Waals surface area contributed by atoms with E-state index in [-0.39, 0.29) is 17.7 Å². The molecule has 1 unspecified atom stereocenters. The summed E-state index contributed by atoms with van der Waals surface area (Å²) in [5.41, 5.74) is 3.54. The predicted octanol–water partition coefficient (Wildman–Crippen LogP) is 3.07. The van der Waals surface area contributed by atoms with Crippen LogP contribution in [-0.2, 0) is 11.8 Å². The first-order valence-corrected chi connectivity index (χ1v) is 8.28. The maximum Gasteiger partial charge on any atom is 0.226 e. The Morgan fingerprint density at radius 2 is 2.24 bits per heavy atom. The van der Waals surface area contributed by atoms with Crippen LogP contribution in [0.5, 0.6) is 0 Å². The molecular formula is C18H19N5O2. The van der Waals surface area contributed by atoms with Crippen molar-refractivity contribution in [3.05, 3.63) is 47.6 Å². The monoisotopic (exact) mass is 337 g/mol. The third-order valence-corrected chi connectivity index (χ3v) is 4.50. The molecule has 7 nitrogen and oxygen atoms in total. The Hall–Kier alpha value is -2.96. The molecule has 3 aromatic heterocycles. The van der Waals surface area contributed by atoms with E-state index >= 15 is 0 Å². The van der Waals surface area contributed by atoms with Crippen LogP contribution in [0.4, 0.5) is 5.82 Å². The Bertz CT molecular complexity index is 926. The minimum absolute atomic E-state index is 0.0549. The van der Waals surface area contributed by atoms with Gasteiger partial charge in [-0.25, -0.2) is 0 Å². The number of aromatic nitrogens is 4. The summed E-state index contributed by atoms with van der Waals surface area (Å²) in [5.74, 6) is 1.38. The molecule has 128 valence electrons. The fourth-order valence-corrected chi connectivity index (χ4v) is 3.19. The van der Waals surface area contributed by atoms with Crippen LogP contribution in [0, 0.1) is 0 Å². The number of anilines is 1. The molecule has 25 heavy (non-hydrogen) atoms. The number of hydrogen-bond acceptors (Lipinski definition) is 5. The van der Waals surface area contributed by atoms with E-state index in [1.165, 1.54) is 0 Å². The van der Waals surface area contributed by atoms with Gasteiger partial charge >= 0.3 is 0 Å². The summed E-state index contributed by atoms with van der Waals surface area (Å²) in [4.78, 5) is 16.4. The smallest absolute Gasteiger partial charge is 0.226 e. The minimum atomic E-state index is -0.215. The van der Waals surface area contributed by atoms with Gasteiger partial charge in [0.2, 0.25) is 5.91 Å². The van der Waals surface area contributed by atoms with Crippen molar-refractivity contribution in [2.45, 2.75) is 32.1 Å². The zero-order valence-corrected chi connectivity index (χ0v) is 14.4. The van der Waals surface area contributed by atoms with Gasteiger partial charge in [-0.15, -0.1) is 0 Å². The number of nitrogens with zero attached hydrogens (tertiary/aromatic N) is 4. The normalized spacial score (nSPS) is 16.8.